The first kappa shape index (κ1) is 8.05. The lowest BCUT2D eigenvalue weighted by atomic mass is 10.2. The van der Waals surface area contributed by atoms with Gasteiger partial charge in [0.1, 0.15) is 0 Å². The highest BCUT2D eigenvalue weighted by Crippen LogP contribution is 2.07. The van der Waals surface area contributed by atoms with Crippen molar-refractivity contribution in [3.63, 3.8) is 0 Å². The summed E-state index contributed by atoms with van der Waals surface area (Å²) >= 11 is 0. The standard InChI is InChI=1S/C9H13NO/c1-7(2)9(11)10-8-5-3-4-6-8/h3-5,7H,6H2,1-2H3,(H,10,11). The molecule has 0 aromatic carbocycles. The maximum absolute atomic E-state index is 11.1. The van der Waals surface area contributed by atoms with E-state index in [-0.39, 0.29) is 11.8 Å². The van der Waals surface area contributed by atoms with Crippen LogP contribution >= 0.6 is 0 Å². The summed E-state index contributed by atoms with van der Waals surface area (Å²) in [4.78, 5) is 11.1. The zero-order chi connectivity index (χ0) is 8.27. The van der Waals surface area contributed by atoms with Gasteiger partial charge in [0, 0.05) is 18.0 Å². The summed E-state index contributed by atoms with van der Waals surface area (Å²) in [5.74, 6) is 0.163. The summed E-state index contributed by atoms with van der Waals surface area (Å²) in [5, 5.41) is 2.84. The summed E-state index contributed by atoms with van der Waals surface area (Å²) in [6.45, 7) is 3.77. The molecule has 2 heteroatoms. The number of hydrogen-bond acceptors (Lipinski definition) is 1. The van der Waals surface area contributed by atoms with E-state index in [0.29, 0.717) is 0 Å². The second-order valence-electron chi connectivity index (χ2n) is 2.97. The van der Waals surface area contributed by atoms with E-state index in [1.165, 1.54) is 0 Å². The Labute approximate surface area is 67.0 Å². The van der Waals surface area contributed by atoms with Crippen molar-refractivity contribution in [1.82, 2.24) is 5.32 Å². The van der Waals surface area contributed by atoms with Crippen LogP contribution in [0.15, 0.2) is 23.9 Å². The van der Waals surface area contributed by atoms with E-state index in [2.05, 4.69) is 5.32 Å². The van der Waals surface area contributed by atoms with E-state index in [1.807, 2.05) is 32.1 Å². The van der Waals surface area contributed by atoms with Crippen LogP contribution in [0.2, 0.25) is 0 Å². The lowest BCUT2D eigenvalue weighted by Gasteiger charge is -2.07. The van der Waals surface area contributed by atoms with E-state index in [9.17, 15) is 4.79 Å². The van der Waals surface area contributed by atoms with Crippen molar-refractivity contribution in [2.45, 2.75) is 20.3 Å². The molecule has 0 heterocycles. The highest BCUT2D eigenvalue weighted by atomic mass is 16.1. The van der Waals surface area contributed by atoms with Crippen LogP contribution in [0.5, 0.6) is 0 Å². The SMILES string of the molecule is CC(C)C(=O)NC1=CC=CC1. The highest BCUT2D eigenvalue weighted by Gasteiger charge is 2.08. The minimum Gasteiger partial charge on any atom is -0.329 e. The molecule has 1 rings (SSSR count). The molecule has 0 saturated carbocycles. The van der Waals surface area contributed by atoms with E-state index in [1.54, 1.807) is 0 Å². The predicted molar refractivity (Wildman–Crippen MR) is 44.8 cm³/mol. The van der Waals surface area contributed by atoms with E-state index >= 15 is 0 Å². The fraction of sp³-hybridized carbons (Fsp3) is 0.444. The van der Waals surface area contributed by atoms with Gasteiger partial charge in [0.2, 0.25) is 5.91 Å². The van der Waals surface area contributed by atoms with Gasteiger partial charge in [-0.1, -0.05) is 26.0 Å². The van der Waals surface area contributed by atoms with Crippen LogP contribution in [-0.2, 0) is 4.79 Å². The fourth-order valence-electron chi connectivity index (χ4n) is 0.843. The van der Waals surface area contributed by atoms with Gasteiger partial charge in [0.25, 0.3) is 0 Å². The fourth-order valence-corrected chi connectivity index (χ4v) is 0.843. The Morgan fingerprint density at radius 1 is 1.64 bits per heavy atom. The summed E-state index contributed by atoms with van der Waals surface area (Å²) < 4.78 is 0. The molecule has 1 N–H and O–H groups in total. The molecule has 11 heavy (non-hydrogen) atoms. The quantitative estimate of drug-likeness (QED) is 0.638. The van der Waals surface area contributed by atoms with Crippen molar-refractivity contribution in [3.05, 3.63) is 23.9 Å². The summed E-state index contributed by atoms with van der Waals surface area (Å²) in [7, 11) is 0. The van der Waals surface area contributed by atoms with Gasteiger partial charge >= 0.3 is 0 Å². The molecule has 0 fully saturated rings. The Morgan fingerprint density at radius 3 is 2.82 bits per heavy atom. The van der Waals surface area contributed by atoms with Gasteiger partial charge in [-0.2, -0.15) is 0 Å². The van der Waals surface area contributed by atoms with Gasteiger partial charge < -0.3 is 5.32 Å². The average Bonchev–Trinajstić information content (AvgIpc) is 2.39. The van der Waals surface area contributed by atoms with E-state index in [0.717, 1.165) is 12.1 Å². The van der Waals surface area contributed by atoms with E-state index < -0.39 is 0 Å². The zero-order valence-corrected chi connectivity index (χ0v) is 6.92. The number of amides is 1. The maximum Gasteiger partial charge on any atom is 0.226 e. The number of nitrogens with one attached hydrogen (secondary N) is 1. The Hall–Kier alpha value is -1.05. The predicted octanol–water partition coefficient (Wildman–Crippen LogP) is 1.60. The lowest BCUT2D eigenvalue weighted by molar-refractivity contribution is -0.123. The first-order valence-corrected chi connectivity index (χ1v) is 3.86. The largest absolute Gasteiger partial charge is 0.329 e. The number of allylic oxidation sites excluding steroid dienone is 3. The molecule has 1 amide bonds. The van der Waals surface area contributed by atoms with Gasteiger partial charge in [-0.3, -0.25) is 4.79 Å². The van der Waals surface area contributed by atoms with Gasteiger partial charge in [-0.15, -0.1) is 0 Å². The summed E-state index contributed by atoms with van der Waals surface area (Å²) in [6, 6.07) is 0. The molecule has 1 aliphatic carbocycles. The van der Waals surface area contributed by atoms with Crippen LogP contribution in [0.4, 0.5) is 0 Å². The molecule has 0 atom stereocenters. The van der Waals surface area contributed by atoms with Crippen LogP contribution in [0, 0.1) is 5.92 Å². The molecule has 0 radical (unpaired) electrons. The number of carbonyl (C=O) groups excluding carboxylic acids is 1. The monoisotopic (exact) mass is 151 g/mol. The van der Waals surface area contributed by atoms with Crippen LogP contribution in [-0.4, -0.2) is 5.91 Å². The van der Waals surface area contributed by atoms with Gasteiger partial charge in [0.05, 0.1) is 0 Å². The van der Waals surface area contributed by atoms with Crippen LogP contribution < -0.4 is 5.32 Å². The normalized spacial score (nSPS) is 15.4. The number of carbonyl (C=O) groups is 1. The summed E-state index contributed by atoms with van der Waals surface area (Å²) in [6.07, 6.45) is 6.77. The second-order valence-corrected chi connectivity index (χ2v) is 2.97. The lowest BCUT2D eigenvalue weighted by Crippen LogP contribution is -2.26. The minimum atomic E-state index is 0.0662. The third kappa shape index (κ3) is 2.22. The third-order valence-corrected chi connectivity index (χ3v) is 1.58. The van der Waals surface area contributed by atoms with Crippen molar-refractivity contribution in [1.29, 1.82) is 0 Å². The molecule has 0 unspecified atom stereocenters. The molecule has 60 valence electrons. The maximum atomic E-state index is 11.1. The number of hydrogen-bond donors (Lipinski definition) is 1. The van der Waals surface area contributed by atoms with Crippen molar-refractivity contribution >= 4 is 5.91 Å². The van der Waals surface area contributed by atoms with Crippen molar-refractivity contribution in [2.75, 3.05) is 0 Å². The van der Waals surface area contributed by atoms with Crippen LogP contribution in [0.3, 0.4) is 0 Å². The van der Waals surface area contributed by atoms with Gasteiger partial charge in [-0.25, -0.2) is 0 Å². The molecule has 0 bridgehead atoms. The molecular weight excluding hydrogens is 138 g/mol. The smallest absolute Gasteiger partial charge is 0.226 e. The minimum absolute atomic E-state index is 0.0662. The second kappa shape index (κ2) is 3.37. The van der Waals surface area contributed by atoms with Crippen molar-refractivity contribution in [2.24, 2.45) is 5.92 Å². The Balaban J connectivity index is 2.37. The number of rotatable bonds is 2. The molecule has 2 nitrogen and oxygen atoms in total. The topological polar surface area (TPSA) is 29.1 Å². The highest BCUT2D eigenvalue weighted by molar-refractivity contribution is 5.79. The van der Waals surface area contributed by atoms with Crippen molar-refractivity contribution in [3.8, 4) is 0 Å². The zero-order valence-electron chi connectivity index (χ0n) is 6.92. The van der Waals surface area contributed by atoms with Crippen LogP contribution in [0.1, 0.15) is 20.3 Å². The molecule has 0 spiro atoms. The molecule has 0 aliphatic heterocycles. The summed E-state index contributed by atoms with van der Waals surface area (Å²) in [5.41, 5.74) is 1.00. The first-order chi connectivity index (χ1) is 5.20. The Kier molecular flexibility index (Phi) is 2.47. The molecule has 0 aromatic rings. The molecule has 0 saturated heterocycles. The van der Waals surface area contributed by atoms with Gasteiger partial charge in [0.15, 0.2) is 0 Å². The third-order valence-electron chi connectivity index (χ3n) is 1.58. The first-order valence-electron chi connectivity index (χ1n) is 3.86. The van der Waals surface area contributed by atoms with Gasteiger partial charge in [-0.05, 0) is 6.08 Å². The van der Waals surface area contributed by atoms with Crippen LogP contribution in [0.25, 0.3) is 0 Å². The Morgan fingerprint density at radius 2 is 2.36 bits per heavy atom. The van der Waals surface area contributed by atoms with E-state index in [4.69, 9.17) is 0 Å². The van der Waals surface area contributed by atoms with Crippen molar-refractivity contribution < 1.29 is 4.79 Å². The molecular formula is C9H13NO. The Bertz CT molecular complexity index is 214. The molecule has 0 aromatic heterocycles. The molecule has 1 aliphatic rings. The average molecular weight is 151 g/mol.